The van der Waals surface area contributed by atoms with Gasteiger partial charge in [0, 0.05) is 36.9 Å². The summed E-state index contributed by atoms with van der Waals surface area (Å²) >= 11 is 1.49. The lowest BCUT2D eigenvalue weighted by Gasteiger charge is -2.27. The van der Waals surface area contributed by atoms with Crippen molar-refractivity contribution in [1.29, 1.82) is 0 Å². The first kappa shape index (κ1) is 14.7. The highest BCUT2D eigenvalue weighted by Gasteiger charge is 2.32. The van der Waals surface area contributed by atoms with Crippen LogP contribution >= 0.6 is 11.3 Å². The lowest BCUT2D eigenvalue weighted by atomic mass is 10.3. The summed E-state index contributed by atoms with van der Waals surface area (Å²) in [5.41, 5.74) is 0.819. The number of aromatic nitrogens is 2. The van der Waals surface area contributed by atoms with Crippen LogP contribution < -0.4 is 5.32 Å². The number of nitrogens with one attached hydrogen (secondary N) is 1. The van der Waals surface area contributed by atoms with Crippen LogP contribution in [0.1, 0.15) is 16.3 Å². The number of sulfonamides is 1. The molecule has 0 radical (unpaired) electrons. The first-order valence-electron chi connectivity index (χ1n) is 6.75. The Morgan fingerprint density at radius 2 is 2.24 bits per heavy atom. The third kappa shape index (κ3) is 2.52. The van der Waals surface area contributed by atoms with Crippen molar-refractivity contribution in [2.45, 2.75) is 31.5 Å². The Morgan fingerprint density at radius 1 is 1.43 bits per heavy atom. The van der Waals surface area contributed by atoms with E-state index < -0.39 is 10.0 Å². The number of rotatable bonds is 4. The summed E-state index contributed by atoms with van der Waals surface area (Å²) in [6.45, 7) is 3.89. The van der Waals surface area contributed by atoms with E-state index in [0.717, 1.165) is 16.3 Å². The lowest BCUT2D eigenvalue weighted by molar-refractivity contribution is 0.335. The summed E-state index contributed by atoms with van der Waals surface area (Å²) in [4.78, 5) is 5.55. The Labute approximate surface area is 128 Å². The lowest BCUT2D eigenvalue weighted by Crippen LogP contribution is -2.38. The fourth-order valence-electron chi connectivity index (χ4n) is 2.60. The van der Waals surface area contributed by atoms with Crippen LogP contribution in [0.2, 0.25) is 0 Å². The van der Waals surface area contributed by atoms with Gasteiger partial charge in [0.2, 0.25) is 10.0 Å². The smallest absolute Gasteiger partial charge is 0.244 e. The molecule has 2 aromatic rings. The number of thiophene rings is 1. The minimum Gasteiger partial charge on any atom is -0.333 e. The third-order valence-corrected chi connectivity index (χ3v) is 6.94. The molecule has 0 saturated heterocycles. The van der Waals surface area contributed by atoms with Crippen molar-refractivity contribution in [3.8, 4) is 0 Å². The van der Waals surface area contributed by atoms with E-state index in [1.54, 1.807) is 6.20 Å². The Balaban J connectivity index is 1.97. The molecule has 1 N–H and O–H groups in total. The van der Waals surface area contributed by atoms with E-state index in [1.165, 1.54) is 15.6 Å². The molecule has 0 saturated carbocycles. The standard InChI is InChI=1S/C13H18N4O2S2/c1-10-9-20-11(7-14-2)13(10)21(18,19)17-6-5-16-4-3-15-12(16)8-17/h3-4,9,14H,5-8H2,1-2H3. The third-order valence-electron chi connectivity index (χ3n) is 3.63. The fraction of sp³-hybridized carbons (Fsp3) is 0.462. The first-order chi connectivity index (χ1) is 10.0. The topological polar surface area (TPSA) is 67.2 Å². The molecule has 0 spiro atoms. The Morgan fingerprint density at radius 3 is 3.00 bits per heavy atom. The summed E-state index contributed by atoms with van der Waals surface area (Å²) in [6, 6.07) is 0. The van der Waals surface area contributed by atoms with Gasteiger partial charge in [0.1, 0.15) is 10.7 Å². The van der Waals surface area contributed by atoms with Crippen LogP contribution in [0.15, 0.2) is 22.7 Å². The molecule has 6 nitrogen and oxygen atoms in total. The van der Waals surface area contributed by atoms with Crippen LogP contribution in [0.3, 0.4) is 0 Å². The van der Waals surface area contributed by atoms with E-state index in [0.29, 0.717) is 31.1 Å². The zero-order valence-corrected chi connectivity index (χ0v) is 13.7. The zero-order chi connectivity index (χ0) is 15.0. The average molecular weight is 326 g/mol. The SMILES string of the molecule is CNCc1scc(C)c1S(=O)(=O)N1CCn2ccnc2C1. The van der Waals surface area contributed by atoms with Gasteiger partial charge in [-0.15, -0.1) is 11.3 Å². The van der Waals surface area contributed by atoms with Crippen LogP contribution in [-0.2, 0) is 29.7 Å². The monoisotopic (exact) mass is 326 g/mol. The molecule has 0 amide bonds. The van der Waals surface area contributed by atoms with Gasteiger partial charge in [0.15, 0.2) is 0 Å². The first-order valence-corrected chi connectivity index (χ1v) is 9.07. The summed E-state index contributed by atoms with van der Waals surface area (Å²) in [5.74, 6) is 0.799. The summed E-state index contributed by atoms with van der Waals surface area (Å²) < 4.78 is 29.5. The molecule has 0 aromatic carbocycles. The highest BCUT2D eigenvalue weighted by molar-refractivity contribution is 7.89. The van der Waals surface area contributed by atoms with Crippen LogP contribution in [-0.4, -0.2) is 35.9 Å². The van der Waals surface area contributed by atoms with Crippen molar-refractivity contribution in [3.05, 3.63) is 34.0 Å². The van der Waals surface area contributed by atoms with E-state index in [9.17, 15) is 8.42 Å². The maximum atomic E-state index is 13.0. The molecular formula is C13H18N4O2S2. The number of hydrogen-bond donors (Lipinski definition) is 1. The second-order valence-electron chi connectivity index (χ2n) is 5.08. The van der Waals surface area contributed by atoms with Crippen molar-refractivity contribution in [3.63, 3.8) is 0 Å². The van der Waals surface area contributed by atoms with Crippen molar-refractivity contribution >= 4 is 21.4 Å². The van der Waals surface area contributed by atoms with Gasteiger partial charge in [0.05, 0.1) is 6.54 Å². The largest absolute Gasteiger partial charge is 0.333 e. The highest BCUT2D eigenvalue weighted by atomic mass is 32.2. The average Bonchev–Trinajstić information content (AvgIpc) is 3.05. The summed E-state index contributed by atoms with van der Waals surface area (Å²) in [5, 5.41) is 4.94. The fourth-order valence-corrected chi connectivity index (χ4v) is 5.76. The van der Waals surface area contributed by atoms with Crippen LogP contribution in [0.25, 0.3) is 0 Å². The molecule has 0 aliphatic carbocycles. The molecule has 3 heterocycles. The van der Waals surface area contributed by atoms with Gasteiger partial charge in [-0.3, -0.25) is 0 Å². The molecule has 1 aliphatic heterocycles. The molecule has 3 rings (SSSR count). The van der Waals surface area contributed by atoms with E-state index in [1.807, 2.05) is 30.1 Å². The molecular weight excluding hydrogens is 308 g/mol. The normalized spacial score (nSPS) is 16.1. The maximum absolute atomic E-state index is 13.0. The predicted molar refractivity (Wildman–Crippen MR) is 81.6 cm³/mol. The minimum absolute atomic E-state index is 0.337. The summed E-state index contributed by atoms with van der Waals surface area (Å²) in [7, 11) is -1.65. The number of imidazole rings is 1. The van der Waals surface area contributed by atoms with Crippen molar-refractivity contribution in [2.24, 2.45) is 0 Å². The predicted octanol–water partition coefficient (Wildman–Crippen LogP) is 1.18. The quantitative estimate of drug-likeness (QED) is 0.916. The van der Waals surface area contributed by atoms with Crippen LogP contribution in [0.4, 0.5) is 0 Å². The zero-order valence-electron chi connectivity index (χ0n) is 12.0. The van der Waals surface area contributed by atoms with E-state index >= 15 is 0 Å². The van der Waals surface area contributed by atoms with Crippen LogP contribution in [0, 0.1) is 6.92 Å². The molecule has 2 aromatic heterocycles. The van der Waals surface area contributed by atoms with Gasteiger partial charge in [-0.05, 0) is 24.9 Å². The minimum atomic E-state index is -3.47. The molecule has 114 valence electrons. The molecule has 0 atom stereocenters. The second kappa shape index (κ2) is 5.53. The molecule has 21 heavy (non-hydrogen) atoms. The molecule has 8 heteroatoms. The number of hydrogen-bond acceptors (Lipinski definition) is 5. The Hall–Kier alpha value is -1.22. The number of fused-ring (bicyclic) bond motifs is 1. The Bertz CT molecular complexity index is 748. The molecule has 0 fully saturated rings. The van der Waals surface area contributed by atoms with E-state index in [-0.39, 0.29) is 0 Å². The maximum Gasteiger partial charge on any atom is 0.244 e. The number of aryl methyl sites for hydroxylation is 1. The van der Waals surface area contributed by atoms with Crippen molar-refractivity contribution in [2.75, 3.05) is 13.6 Å². The van der Waals surface area contributed by atoms with E-state index in [4.69, 9.17) is 0 Å². The molecule has 0 bridgehead atoms. The second-order valence-corrected chi connectivity index (χ2v) is 7.92. The number of nitrogens with zero attached hydrogens (tertiary/aromatic N) is 3. The van der Waals surface area contributed by atoms with Gasteiger partial charge >= 0.3 is 0 Å². The molecule has 1 aliphatic rings. The van der Waals surface area contributed by atoms with Crippen molar-refractivity contribution in [1.82, 2.24) is 19.2 Å². The Kier molecular flexibility index (Phi) is 3.87. The van der Waals surface area contributed by atoms with Gasteiger partial charge in [-0.1, -0.05) is 0 Å². The van der Waals surface area contributed by atoms with Gasteiger partial charge < -0.3 is 9.88 Å². The van der Waals surface area contributed by atoms with Gasteiger partial charge in [-0.2, -0.15) is 4.31 Å². The van der Waals surface area contributed by atoms with Crippen LogP contribution in [0.5, 0.6) is 0 Å². The van der Waals surface area contributed by atoms with Gasteiger partial charge in [-0.25, -0.2) is 13.4 Å². The van der Waals surface area contributed by atoms with Crippen molar-refractivity contribution < 1.29 is 8.42 Å². The highest BCUT2D eigenvalue weighted by Crippen LogP contribution is 2.31. The van der Waals surface area contributed by atoms with E-state index in [2.05, 4.69) is 10.3 Å². The molecule has 0 unspecified atom stereocenters. The summed E-state index contributed by atoms with van der Waals surface area (Å²) in [6.07, 6.45) is 3.61. The van der Waals surface area contributed by atoms with Gasteiger partial charge in [0.25, 0.3) is 0 Å².